The van der Waals surface area contributed by atoms with Crippen molar-refractivity contribution in [2.24, 2.45) is 5.10 Å². The zero-order valence-electron chi connectivity index (χ0n) is 20.2. The van der Waals surface area contributed by atoms with E-state index in [9.17, 15) is 9.59 Å². The van der Waals surface area contributed by atoms with Gasteiger partial charge in [0.2, 0.25) is 0 Å². The van der Waals surface area contributed by atoms with Gasteiger partial charge in [0.05, 0.1) is 12.3 Å². The van der Waals surface area contributed by atoms with Crippen LogP contribution in [0.3, 0.4) is 0 Å². The van der Waals surface area contributed by atoms with Crippen molar-refractivity contribution >= 4 is 17.6 Å². The third-order valence-corrected chi connectivity index (χ3v) is 7.71. The molecule has 3 atom stereocenters. The van der Waals surface area contributed by atoms with E-state index in [2.05, 4.69) is 56.5 Å². The molecular formula is C26H31N7O2. The van der Waals surface area contributed by atoms with E-state index in [1.54, 1.807) is 19.0 Å². The van der Waals surface area contributed by atoms with Gasteiger partial charge in [0, 0.05) is 40.3 Å². The van der Waals surface area contributed by atoms with Gasteiger partial charge < -0.3 is 4.90 Å². The van der Waals surface area contributed by atoms with E-state index >= 15 is 0 Å². The van der Waals surface area contributed by atoms with Crippen LogP contribution in [-0.2, 0) is 17.8 Å². The topological polar surface area (TPSA) is 74.7 Å². The Morgan fingerprint density at radius 1 is 0.943 bits per heavy atom. The maximum atomic E-state index is 13.2. The van der Waals surface area contributed by atoms with Gasteiger partial charge in [-0.25, -0.2) is 9.69 Å². The molecule has 1 N–H and O–H groups in total. The Balaban J connectivity index is 1.27. The second kappa shape index (κ2) is 8.75. The fraction of sp³-hybridized carbons (Fsp3) is 0.423. The highest BCUT2D eigenvalue weighted by molar-refractivity contribution is 6.04. The van der Waals surface area contributed by atoms with Crippen LogP contribution in [0, 0.1) is 0 Å². The van der Waals surface area contributed by atoms with E-state index in [4.69, 9.17) is 5.10 Å². The van der Waals surface area contributed by atoms with E-state index in [0.717, 1.165) is 37.3 Å². The molecule has 9 nitrogen and oxygen atoms in total. The molecule has 0 aromatic heterocycles. The van der Waals surface area contributed by atoms with Crippen molar-refractivity contribution in [3.63, 3.8) is 0 Å². The maximum absolute atomic E-state index is 13.2. The third kappa shape index (κ3) is 3.80. The number of rotatable bonds is 4. The summed E-state index contributed by atoms with van der Waals surface area (Å²) in [6.07, 6.45) is 0.423. The van der Waals surface area contributed by atoms with E-state index in [-0.39, 0.29) is 24.4 Å². The first kappa shape index (κ1) is 22.2. The quantitative estimate of drug-likeness (QED) is 0.719. The molecule has 35 heavy (non-hydrogen) atoms. The van der Waals surface area contributed by atoms with Crippen LogP contribution in [0.2, 0.25) is 0 Å². The molecular weight excluding hydrogens is 442 g/mol. The van der Waals surface area contributed by atoms with Gasteiger partial charge in [-0.3, -0.25) is 24.9 Å². The smallest absolute Gasteiger partial charge is 0.310 e. The van der Waals surface area contributed by atoms with Crippen LogP contribution in [-0.4, -0.2) is 101 Å². The van der Waals surface area contributed by atoms with Crippen LogP contribution >= 0.6 is 0 Å². The van der Waals surface area contributed by atoms with Crippen LogP contribution in [0.25, 0.3) is 0 Å². The maximum Gasteiger partial charge on any atom is 0.327 e. The van der Waals surface area contributed by atoms with Crippen molar-refractivity contribution in [2.45, 2.75) is 31.5 Å². The number of imide groups is 1. The van der Waals surface area contributed by atoms with Crippen LogP contribution in [0.5, 0.6) is 0 Å². The highest BCUT2D eigenvalue weighted by Gasteiger charge is 2.55. The Bertz CT molecular complexity index is 1170. The van der Waals surface area contributed by atoms with Gasteiger partial charge in [0.25, 0.3) is 5.91 Å². The molecule has 0 saturated carbocycles. The molecule has 4 aliphatic heterocycles. The van der Waals surface area contributed by atoms with Gasteiger partial charge in [-0.2, -0.15) is 5.10 Å². The van der Waals surface area contributed by atoms with Crippen molar-refractivity contribution in [2.75, 3.05) is 40.3 Å². The van der Waals surface area contributed by atoms with Crippen molar-refractivity contribution in [1.29, 1.82) is 0 Å². The minimum absolute atomic E-state index is 0.171. The number of fused-ring (bicyclic) bond motifs is 4. The minimum Gasteiger partial charge on any atom is -0.310 e. The van der Waals surface area contributed by atoms with Gasteiger partial charge in [0.1, 0.15) is 12.2 Å². The molecule has 4 heterocycles. The molecule has 182 valence electrons. The molecule has 2 aromatic rings. The average molecular weight is 474 g/mol. The summed E-state index contributed by atoms with van der Waals surface area (Å²) in [4.78, 5) is 33.3. The van der Waals surface area contributed by atoms with Gasteiger partial charge in [-0.15, -0.1) is 0 Å². The summed E-state index contributed by atoms with van der Waals surface area (Å²) in [5.74, 6) is -0.171. The molecule has 3 amide bonds. The number of hydrogen-bond acceptors (Lipinski definition) is 7. The summed E-state index contributed by atoms with van der Waals surface area (Å²) >= 11 is 0. The third-order valence-electron chi connectivity index (χ3n) is 7.71. The number of benzene rings is 2. The molecule has 2 aromatic carbocycles. The summed E-state index contributed by atoms with van der Waals surface area (Å²) in [5, 5.41) is 10.7. The van der Waals surface area contributed by atoms with Crippen molar-refractivity contribution < 1.29 is 9.59 Å². The molecule has 0 bridgehead atoms. The largest absolute Gasteiger partial charge is 0.327 e. The zero-order chi connectivity index (χ0) is 24.1. The average Bonchev–Trinajstić information content (AvgIpc) is 3.29. The lowest BCUT2D eigenvalue weighted by Crippen LogP contribution is -2.65. The number of carbonyl (C=O) groups is 2. The molecule has 2 fully saturated rings. The summed E-state index contributed by atoms with van der Waals surface area (Å²) in [6, 6.07) is 18.1. The number of carbonyl (C=O) groups excluding carboxylic acids is 2. The van der Waals surface area contributed by atoms with E-state index in [0.29, 0.717) is 13.1 Å². The lowest BCUT2D eigenvalue weighted by Gasteiger charge is -2.42. The highest BCUT2D eigenvalue weighted by Crippen LogP contribution is 2.30. The van der Waals surface area contributed by atoms with Crippen LogP contribution < -0.4 is 5.32 Å². The first-order valence-corrected chi connectivity index (χ1v) is 12.3. The highest BCUT2D eigenvalue weighted by atomic mass is 16.2. The number of nitrogens with zero attached hydrogens (tertiary/aromatic N) is 6. The Hall–Kier alpha value is -3.27. The summed E-state index contributed by atoms with van der Waals surface area (Å²) in [7, 11) is 3.32. The summed E-state index contributed by atoms with van der Waals surface area (Å²) in [5.41, 5.74) is 4.82. The second-order valence-electron chi connectivity index (χ2n) is 9.76. The van der Waals surface area contributed by atoms with E-state index in [1.165, 1.54) is 16.0 Å². The number of hydrazone groups is 1. The fourth-order valence-electron chi connectivity index (χ4n) is 5.72. The number of urea groups is 1. The van der Waals surface area contributed by atoms with E-state index < -0.39 is 6.04 Å². The molecule has 4 aliphatic rings. The molecule has 3 unspecified atom stereocenters. The normalized spacial score (nSPS) is 27.0. The van der Waals surface area contributed by atoms with Crippen molar-refractivity contribution in [3.05, 3.63) is 71.3 Å². The van der Waals surface area contributed by atoms with E-state index in [1.807, 2.05) is 18.2 Å². The van der Waals surface area contributed by atoms with Crippen LogP contribution in [0.1, 0.15) is 16.7 Å². The summed E-state index contributed by atoms with van der Waals surface area (Å²) in [6.45, 7) is 4.08. The minimum atomic E-state index is -0.453. The fourth-order valence-corrected chi connectivity index (χ4v) is 5.72. The number of likely N-dealkylation sites (N-methyl/N-ethyl adjacent to an activating group) is 2. The molecule has 0 radical (unpaired) electrons. The van der Waals surface area contributed by atoms with Crippen LogP contribution in [0.4, 0.5) is 4.79 Å². The number of amides is 3. The Morgan fingerprint density at radius 3 is 2.49 bits per heavy atom. The lowest BCUT2D eigenvalue weighted by atomic mass is 10.00. The SMILES string of the molecule is CN1C(=O)C2C(NC3N(CCN4CCc5ccccc5C4)N=C(c4ccccc4)CN23)N(C)C1=O. The van der Waals surface area contributed by atoms with Crippen molar-refractivity contribution in [1.82, 2.24) is 29.9 Å². The predicted molar refractivity (Wildman–Crippen MR) is 132 cm³/mol. The van der Waals surface area contributed by atoms with Crippen LogP contribution in [0.15, 0.2) is 59.7 Å². The molecule has 6 rings (SSSR count). The van der Waals surface area contributed by atoms with Gasteiger partial charge >= 0.3 is 6.03 Å². The first-order valence-electron chi connectivity index (χ1n) is 12.3. The molecule has 2 saturated heterocycles. The van der Waals surface area contributed by atoms with Gasteiger partial charge in [-0.05, 0) is 23.1 Å². The Labute approximate surface area is 205 Å². The summed E-state index contributed by atoms with van der Waals surface area (Å²) < 4.78 is 0. The standard InChI is InChI=1S/C26H31N7O2/c1-29-23-22(24(34)30(2)26(29)35)32-17-21(19-9-4-3-5-10-19)28-33(25(32)27-23)15-14-31-13-12-18-8-6-7-11-20(18)16-31/h3-11,22-23,25,27H,12-17H2,1-2H3. The second-order valence-corrected chi connectivity index (χ2v) is 9.76. The predicted octanol–water partition coefficient (Wildman–Crippen LogP) is 1.17. The van der Waals surface area contributed by atoms with Gasteiger partial charge in [-0.1, -0.05) is 54.6 Å². The lowest BCUT2D eigenvalue weighted by molar-refractivity contribution is -0.137. The first-order chi connectivity index (χ1) is 17.0. The van der Waals surface area contributed by atoms with Gasteiger partial charge in [0.15, 0.2) is 6.29 Å². The molecule has 0 aliphatic carbocycles. The molecule has 0 spiro atoms. The Kier molecular flexibility index (Phi) is 5.55. The zero-order valence-corrected chi connectivity index (χ0v) is 20.2. The van der Waals surface area contributed by atoms with Crippen molar-refractivity contribution in [3.8, 4) is 0 Å². The Morgan fingerprint density at radius 2 is 1.69 bits per heavy atom. The molecule has 9 heteroatoms. The monoisotopic (exact) mass is 473 g/mol. The number of nitrogens with one attached hydrogen (secondary N) is 1. The number of hydrogen-bond donors (Lipinski definition) is 1.